The number of aromatic nitrogens is 4. The number of carbonyl (C=O) groups excluding carboxylic acids is 1. The second kappa shape index (κ2) is 5.08. The van der Waals surface area contributed by atoms with Gasteiger partial charge in [0.2, 0.25) is 5.91 Å². The normalized spacial score (nSPS) is 10.2. The lowest BCUT2D eigenvalue weighted by atomic mass is 10.4. The lowest BCUT2D eigenvalue weighted by Gasteiger charge is -2.03. The number of hydrogen-bond donors (Lipinski definition) is 2. The van der Waals surface area contributed by atoms with Crippen LogP contribution in [0.3, 0.4) is 0 Å². The molecule has 2 N–H and O–H groups in total. The second-order valence-electron chi connectivity index (χ2n) is 3.51. The van der Waals surface area contributed by atoms with Gasteiger partial charge in [0, 0.05) is 6.20 Å². The van der Waals surface area contributed by atoms with Crippen molar-refractivity contribution >= 4 is 11.6 Å². The Bertz CT molecular complexity index is 546. The first kappa shape index (κ1) is 11.8. The highest BCUT2D eigenvalue weighted by molar-refractivity contribution is 5.75. The van der Waals surface area contributed by atoms with Crippen LogP contribution in [-0.2, 0) is 17.9 Å². The minimum Gasteiger partial charge on any atom is -0.349 e. The number of amides is 1. The molecule has 2 heterocycles. The molecule has 0 unspecified atom stereocenters. The van der Waals surface area contributed by atoms with Gasteiger partial charge in [-0.1, -0.05) is 0 Å². The Morgan fingerprint density at radius 1 is 1.56 bits per heavy atom. The van der Waals surface area contributed by atoms with Crippen LogP contribution in [0.5, 0.6) is 0 Å². The molecule has 2 aromatic heterocycles. The number of hydrogen-bond acceptors (Lipinski definition) is 5. The molecule has 0 aliphatic carbocycles. The van der Waals surface area contributed by atoms with Crippen molar-refractivity contribution in [2.75, 3.05) is 0 Å². The van der Waals surface area contributed by atoms with Crippen LogP contribution in [0.2, 0.25) is 0 Å². The molecule has 0 aliphatic rings. The molecule has 0 aliphatic heterocycles. The van der Waals surface area contributed by atoms with E-state index in [4.69, 9.17) is 0 Å². The van der Waals surface area contributed by atoms with E-state index in [0.717, 1.165) is 11.9 Å². The van der Waals surface area contributed by atoms with Crippen molar-refractivity contribution in [1.29, 1.82) is 0 Å². The minimum absolute atomic E-state index is 0.0675. The van der Waals surface area contributed by atoms with E-state index in [1.54, 1.807) is 6.20 Å². The molecule has 9 heteroatoms. The molecule has 18 heavy (non-hydrogen) atoms. The molecule has 0 atom stereocenters. The Morgan fingerprint density at radius 2 is 2.39 bits per heavy atom. The summed E-state index contributed by atoms with van der Waals surface area (Å²) >= 11 is 0. The summed E-state index contributed by atoms with van der Waals surface area (Å²) in [5.74, 6) is -0.289. The van der Waals surface area contributed by atoms with Crippen LogP contribution in [0.1, 0.15) is 5.69 Å². The standard InChI is InChI=1S/C9H10N6O3/c16-9(11-2-7-1-10-6-12-7)5-14-4-8(3-13-14)15(17)18/h1,3-4,6H,2,5H2,(H,10,12)(H,11,16). The Kier molecular flexibility index (Phi) is 3.32. The van der Waals surface area contributed by atoms with E-state index >= 15 is 0 Å². The molecule has 0 aromatic carbocycles. The minimum atomic E-state index is -0.563. The highest BCUT2D eigenvalue weighted by Gasteiger charge is 2.10. The third-order valence-corrected chi connectivity index (χ3v) is 2.17. The predicted molar refractivity (Wildman–Crippen MR) is 59.3 cm³/mol. The molecule has 2 aromatic rings. The molecule has 0 saturated carbocycles. The van der Waals surface area contributed by atoms with Gasteiger partial charge in [-0.2, -0.15) is 5.10 Å². The van der Waals surface area contributed by atoms with Gasteiger partial charge in [-0.3, -0.25) is 19.6 Å². The molecule has 94 valence electrons. The van der Waals surface area contributed by atoms with Crippen molar-refractivity contribution in [3.63, 3.8) is 0 Å². The molecular weight excluding hydrogens is 240 g/mol. The van der Waals surface area contributed by atoms with Crippen LogP contribution in [0.15, 0.2) is 24.9 Å². The lowest BCUT2D eigenvalue weighted by molar-refractivity contribution is -0.385. The second-order valence-corrected chi connectivity index (χ2v) is 3.51. The van der Waals surface area contributed by atoms with Crippen molar-refractivity contribution < 1.29 is 9.72 Å². The summed E-state index contributed by atoms with van der Waals surface area (Å²) in [5.41, 5.74) is 0.631. The maximum atomic E-state index is 11.5. The number of rotatable bonds is 5. The smallest absolute Gasteiger partial charge is 0.307 e. The maximum Gasteiger partial charge on any atom is 0.307 e. The van der Waals surface area contributed by atoms with E-state index in [-0.39, 0.29) is 18.1 Å². The first-order valence-corrected chi connectivity index (χ1v) is 5.06. The molecule has 0 radical (unpaired) electrons. The van der Waals surface area contributed by atoms with Crippen LogP contribution in [0, 0.1) is 10.1 Å². The van der Waals surface area contributed by atoms with Gasteiger partial charge in [-0.25, -0.2) is 4.98 Å². The Morgan fingerprint density at radius 3 is 3.00 bits per heavy atom. The van der Waals surface area contributed by atoms with Crippen molar-refractivity contribution in [3.05, 3.63) is 40.7 Å². The number of nitrogens with one attached hydrogen (secondary N) is 2. The van der Waals surface area contributed by atoms with Crippen LogP contribution in [0.25, 0.3) is 0 Å². The first-order valence-electron chi connectivity index (χ1n) is 5.06. The zero-order valence-corrected chi connectivity index (χ0v) is 9.24. The number of nitro groups is 1. The third kappa shape index (κ3) is 2.90. The van der Waals surface area contributed by atoms with E-state index < -0.39 is 4.92 Å². The summed E-state index contributed by atoms with van der Waals surface area (Å²) in [5, 5.41) is 16.8. The van der Waals surface area contributed by atoms with Gasteiger partial charge in [0.05, 0.1) is 23.5 Å². The Balaban J connectivity index is 1.85. The maximum absolute atomic E-state index is 11.5. The molecule has 0 saturated heterocycles. The largest absolute Gasteiger partial charge is 0.349 e. The SMILES string of the molecule is O=C(Cn1cc([N+](=O)[O-])cn1)NCc1cnc[nH]1. The summed E-state index contributed by atoms with van der Waals surface area (Å²) < 4.78 is 1.21. The molecular formula is C9H10N6O3. The molecule has 0 fully saturated rings. The van der Waals surface area contributed by atoms with Gasteiger partial charge >= 0.3 is 5.69 Å². The van der Waals surface area contributed by atoms with Gasteiger partial charge in [0.15, 0.2) is 0 Å². The van der Waals surface area contributed by atoms with Crippen LogP contribution in [-0.4, -0.2) is 30.6 Å². The van der Waals surface area contributed by atoms with E-state index in [2.05, 4.69) is 20.4 Å². The summed E-state index contributed by atoms with van der Waals surface area (Å²) in [6, 6.07) is 0. The average Bonchev–Trinajstić information content (AvgIpc) is 2.96. The molecule has 9 nitrogen and oxygen atoms in total. The van der Waals surface area contributed by atoms with E-state index in [1.807, 2.05) is 0 Å². The number of nitrogens with zero attached hydrogens (tertiary/aromatic N) is 4. The third-order valence-electron chi connectivity index (χ3n) is 2.17. The Labute approximate surface area is 101 Å². The van der Waals surface area contributed by atoms with Crippen molar-refractivity contribution in [3.8, 4) is 0 Å². The van der Waals surface area contributed by atoms with Crippen LogP contribution in [0.4, 0.5) is 5.69 Å². The summed E-state index contributed by atoms with van der Waals surface area (Å²) in [4.78, 5) is 28.0. The fourth-order valence-electron chi connectivity index (χ4n) is 1.31. The first-order chi connectivity index (χ1) is 8.65. The highest BCUT2D eigenvalue weighted by atomic mass is 16.6. The van der Waals surface area contributed by atoms with E-state index in [9.17, 15) is 14.9 Å². The molecule has 1 amide bonds. The monoisotopic (exact) mass is 250 g/mol. The lowest BCUT2D eigenvalue weighted by Crippen LogP contribution is -2.27. The van der Waals surface area contributed by atoms with Crippen molar-refractivity contribution in [2.24, 2.45) is 0 Å². The van der Waals surface area contributed by atoms with Gasteiger partial charge < -0.3 is 10.3 Å². The fraction of sp³-hybridized carbons (Fsp3) is 0.222. The van der Waals surface area contributed by atoms with Crippen LogP contribution >= 0.6 is 0 Å². The van der Waals surface area contributed by atoms with Gasteiger partial charge in [-0.05, 0) is 0 Å². The molecule has 0 bridgehead atoms. The number of imidazole rings is 1. The summed E-state index contributed by atoms with van der Waals surface area (Å²) in [7, 11) is 0. The summed E-state index contributed by atoms with van der Waals surface area (Å²) in [6.07, 6.45) is 5.41. The van der Waals surface area contributed by atoms with Crippen molar-refractivity contribution in [1.82, 2.24) is 25.1 Å². The highest BCUT2D eigenvalue weighted by Crippen LogP contribution is 2.07. The fourth-order valence-corrected chi connectivity index (χ4v) is 1.31. The van der Waals surface area contributed by atoms with Gasteiger partial charge in [0.1, 0.15) is 18.9 Å². The number of carbonyl (C=O) groups is 1. The van der Waals surface area contributed by atoms with Gasteiger partial charge in [-0.15, -0.1) is 0 Å². The van der Waals surface area contributed by atoms with E-state index in [1.165, 1.54) is 17.2 Å². The van der Waals surface area contributed by atoms with Crippen molar-refractivity contribution in [2.45, 2.75) is 13.1 Å². The molecule has 2 rings (SSSR count). The number of H-pyrrole nitrogens is 1. The predicted octanol–water partition coefficient (Wildman–Crippen LogP) is -0.169. The Hall–Kier alpha value is -2.71. The van der Waals surface area contributed by atoms with E-state index in [0.29, 0.717) is 6.54 Å². The summed E-state index contributed by atoms with van der Waals surface area (Å²) in [6.45, 7) is 0.254. The quantitative estimate of drug-likeness (QED) is 0.564. The molecule has 0 spiro atoms. The zero-order chi connectivity index (χ0) is 13.0. The number of aromatic amines is 1. The average molecular weight is 250 g/mol. The topological polar surface area (TPSA) is 119 Å². The van der Waals surface area contributed by atoms with Crippen LogP contribution < -0.4 is 5.32 Å². The van der Waals surface area contributed by atoms with Gasteiger partial charge in [0.25, 0.3) is 0 Å². The zero-order valence-electron chi connectivity index (χ0n) is 9.24.